The highest BCUT2D eigenvalue weighted by Gasteiger charge is 2.48. The average Bonchev–Trinajstić information content (AvgIpc) is 2.56. The Bertz CT molecular complexity index is 403. The van der Waals surface area contributed by atoms with Crippen molar-refractivity contribution in [1.29, 1.82) is 0 Å². The second kappa shape index (κ2) is 8.96. The molecule has 0 aromatic heterocycles. The van der Waals surface area contributed by atoms with Crippen molar-refractivity contribution in [3.63, 3.8) is 0 Å². The van der Waals surface area contributed by atoms with Crippen LogP contribution in [0.5, 0.6) is 0 Å². The Morgan fingerprint density at radius 3 is 2.08 bits per heavy atom. The first kappa shape index (κ1) is 21.1. The zero-order valence-corrected chi connectivity index (χ0v) is 12.4. The zero-order chi connectivity index (χ0) is 18.6. The van der Waals surface area contributed by atoms with E-state index in [1.165, 1.54) is 0 Å². The Morgan fingerprint density at radius 2 is 1.62 bits per heavy atom. The molecule has 1 fully saturated rings. The molecule has 0 aromatic carbocycles. The monoisotopic (exact) mass is 358 g/mol. The number of aliphatic carboxylic acids is 1. The van der Waals surface area contributed by atoms with E-state index < -0.39 is 74.3 Å². The Kier molecular flexibility index (Phi) is 7.88. The van der Waals surface area contributed by atoms with Crippen LogP contribution in [0.3, 0.4) is 0 Å². The van der Waals surface area contributed by atoms with Crippen LogP contribution in [0.2, 0.25) is 0 Å². The van der Waals surface area contributed by atoms with Crippen molar-refractivity contribution < 1.29 is 60.2 Å². The van der Waals surface area contributed by atoms with Crippen molar-refractivity contribution in [3.05, 3.63) is 0 Å². The third-order valence-corrected chi connectivity index (χ3v) is 3.63. The molecule has 24 heavy (non-hydrogen) atoms. The van der Waals surface area contributed by atoms with Gasteiger partial charge in [-0.05, 0) is 0 Å². The summed E-state index contributed by atoms with van der Waals surface area (Å²) in [7, 11) is 0. The van der Waals surface area contributed by atoms with Gasteiger partial charge in [-0.15, -0.1) is 0 Å². The van der Waals surface area contributed by atoms with E-state index in [1.807, 2.05) is 0 Å². The van der Waals surface area contributed by atoms with E-state index in [0.29, 0.717) is 0 Å². The Hall–Kier alpha value is -0.930. The predicted molar refractivity (Wildman–Crippen MR) is 71.4 cm³/mol. The summed E-state index contributed by atoms with van der Waals surface area (Å²) in [6.45, 7) is -1.79. The summed E-state index contributed by atoms with van der Waals surface area (Å²) in [5.41, 5.74) is 0. The van der Waals surface area contributed by atoms with Gasteiger partial charge in [-0.2, -0.15) is 0 Å². The van der Waals surface area contributed by atoms with Gasteiger partial charge in [0.05, 0.1) is 13.2 Å². The molecular formula is C12H22O12. The van der Waals surface area contributed by atoms with Crippen LogP contribution in [0.25, 0.3) is 0 Å². The maximum absolute atomic E-state index is 11.2. The van der Waals surface area contributed by atoms with Crippen molar-refractivity contribution >= 4 is 5.97 Å². The first-order valence-corrected chi connectivity index (χ1v) is 6.99. The van der Waals surface area contributed by atoms with Gasteiger partial charge in [-0.3, -0.25) is 0 Å². The molecule has 0 radical (unpaired) electrons. The number of carbonyl (C=O) groups is 1. The maximum atomic E-state index is 11.2. The molecular weight excluding hydrogens is 336 g/mol. The first-order chi connectivity index (χ1) is 11.1. The molecule has 0 aromatic rings. The molecule has 9 atom stereocenters. The zero-order valence-electron chi connectivity index (χ0n) is 12.4. The summed E-state index contributed by atoms with van der Waals surface area (Å²) in [5, 5.41) is 84.4. The lowest BCUT2D eigenvalue weighted by Crippen LogP contribution is -2.62. The van der Waals surface area contributed by atoms with E-state index in [2.05, 4.69) is 0 Å². The number of carboxylic acids is 1. The Balaban J connectivity index is 2.95. The van der Waals surface area contributed by atoms with Gasteiger partial charge in [0, 0.05) is 0 Å². The minimum atomic E-state index is -2.22. The number of ether oxygens (including phenoxy) is 2. The highest BCUT2D eigenvalue weighted by atomic mass is 16.7. The van der Waals surface area contributed by atoms with E-state index in [4.69, 9.17) is 24.8 Å². The average molecular weight is 358 g/mol. The lowest BCUT2D eigenvalue weighted by molar-refractivity contribution is -0.304. The number of hydrogen-bond acceptors (Lipinski definition) is 11. The second-order valence-electron chi connectivity index (χ2n) is 5.32. The maximum Gasteiger partial charge on any atom is 0.335 e. The minimum absolute atomic E-state index is 0.824. The van der Waals surface area contributed by atoms with Crippen molar-refractivity contribution in [2.75, 3.05) is 13.2 Å². The van der Waals surface area contributed by atoms with Crippen LogP contribution in [-0.2, 0) is 14.3 Å². The van der Waals surface area contributed by atoms with Crippen molar-refractivity contribution in [2.24, 2.45) is 0 Å². The van der Waals surface area contributed by atoms with E-state index in [0.717, 1.165) is 0 Å². The molecule has 0 amide bonds. The molecule has 1 aliphatic heterocycles. The van der Waals surface area contributed by atoms with Gasteiger partial charge in [-0.25, -0.2) is 4.79 Å². The third-order valence-electron chi connectivity index (χ3n) is 3.63. The van der Waals surface area contributed by atoms with E-state index in [9.17, 15) is 35.4 Å². The summed E-state index contributed by atoms with van der Waals surface area (Å²) < 4.78 is 9.72. The highest BCUT2D eigenvalue weighted by Crippen LogP contribution is 2.25. The van der Waals surface area contributed by atoms with Gasteiger partial charge in [-0.1, -0.05) is 0 Å². The summed E-state index contributed by atoms with van der Waals surface area (Å²) in [6.07, 6.45) is -17.1. The fourth-order valence-corrected chi connectivity index (χ4v) is 2.20. The van der Waals surface area contributed by atoms with Gasteiger partial charge in [0.25, 0.3) is 0 Å². The second-order valence-corrected chi connectivity index (χ2v) is 5.32. The molecule has 0 bridgehead atoms. The van der Waals surface area contributed by atoms with Crippen LogP contribution in [-0.4, -0.2) is 120 Å². The summed E-state index contributed by atoms with van der Waals surface area (Å²) in [4.78, 5) is 11.2. The predicted octanol–water partition coefficient (Wildman–Crippen LogP) is -5.67. The van der Waals surface area contributed by atoms with E-state index in [-0.39, 0.29) is 0 Å². The fraction of sp³-hybridized carbons (Fsp3) is 0.917. The third kappa shape index (κ3) is 4.58. The van der Waals surface area contributed by atoms with E-state index >= 15 is 0 Å². The van der Waals surface area contributed by atoms with E-state index in [1.54, 1.807) is 0 Å². The quantitative estimate of drug-likeness (QED) is 0.198. The summed E-state index contributed by atoms with van der Waals surface area (Å²) in [5.74, 6) is -1.80. The van der Waals surface area contributed by atoms with Crippen molar-refractivity contribution in [3.8, 4) is 0 Å². The number of hydrogen-bond donors (Lipinski definition) is 9. The SMILES string of the molecule is O=C(O)[C@@H](O[C@@H]1[C@@H](O)[C@H](O)[C@@H](O)O[C@H]1CO)[C@H](O)[C@H](O)[C@H](O)CO. The Morgan fingerprint density at radius 1 is 1.04 bits per heavy atom. The molecule has 0 unspecified atom stereocenters. The number of carboxylic acid groups (broad SMARTS) is 1. The highest BCUT2D eigenvalue weighted by molar-refractivity contribution is 5.73. The molecule has 9 N–H and O–H groups in total. The summed E-state index contributed by atoms with van der Waals surface area (Å²) >= 11 is 0. The molecule has 12 heteroatoms. The van der Waals surface area contributed by atoms with Gasteiger partial charge < -0.3 is 55.4 Å². The molecule has 1 rings (SSSR count). The molecule has 1 heterocycles. The van der Waals surface area contributed by atoms with Gasteiger partial charge in [0.1, 0.15) is 42.7 Å². The van der Waals surface area contributed by atoms with Crippen LogP contribution in [0.4, 0.5) is 0 Å². The molecule has 1 saturated heterocycles. The molecule has 0 saturated carbocycles. The first-order valence-electron chi connectivity index (χ1n) is 6.99. The molecule has 142 valence electrons. The van der Waals surface area contributed by atoms with Crippen LogP contribution < -0.4 is 0 Å². The molecule has 0 aliphatic carbocycles. The topological polar surface area (TPSA) is 218 Å². The smallest absolute Gasteiger partial charge is 0.335 e. The standard InChI is InChI=1S/C12H22O12/c13-1-3(15)5(16)6(17)10(11(20)21)24-9-4(2-14)23-12(22)8(19)7(9)18/h3-10,12-19,22H,1-2H2,(H,20,21)/t3-,4+,5-,6-,7+,8+,9+,10+,12+/m1/s1. The molecule has 0 spiro atoms. The van der Waals surface area contributed by atoms with Crippen molar-refractivity contribution in [1.82, 2.24) is 0 Å². The van der Waals surface area contributed by atoms with Crippen LogP contribution in [0, 0.1) is 0 Å². The van der Waals surface area contributed by atoms with Gasteiger partial charge in [0.15, 0.2) is 12.4 Å². The summed E-state index contributed by atoms with van der Waals surface area (Å²) in [6, 6.07) is 0. The van der Waals surface area contributed by atoms with Crippen molar-refractivity contribution in [2.45, 2.75) is 55.1 Å². The number of aliphatic hydroxyl groups is 8. The Labute approximate surface area is 135 Å². The molecule has 12 nitrogen and oxygen atoms in total. The van der Waals surface area contributed by atoms with Crippen LogP contribution >= 0.6 is 0 Å². The van der Waals surface area contributed by atoms with Crippen LogP contribution in [0.15, 0.2) is 0 Å². The van der Waals surface area contributed by atoms with Gasteiger partial charge in [0.2, 0.25) is 0 Å². The number of aliphatic hydroxyl groups excluding tert-OH is 8. The largest absolute Gasteiger partial charge is 0.479 e. The minimum Gasteiger partial charge on any atom is -0.479 e. The lowest BCUT2D eigenvalue weighted by atomic mass is 9.97. The fourth-order valence-electron chi connectivity index (χ4n) is 2.20. The lowest BCUT2D eigenvalue weighted by Gasteiger charge is -2.41. The van der Waals surface area contributed by atoms with Crippen LogP contribution in [0.1, 0.15) is 0 Å². The van der Waals surface area contributed by atoms with Gasteiger partial charge >= 0.3 is 5.97 Å². The number of rotatable bonds is 8. The molecule has 1 aliphatic rings. The normalized spacial score (nSPS) is 35.9.